The van der Waals surface area contributed by atoms with Gasteiger partial charge in [-0.15, -0.1) is 5.73 Å². The second kappa shape index (κ2) is 9.67. The number of nitrogens with zero attached hydrogens (tertiary/aromatic N) is 3. The average molecular weight is 442 g/mol. The monoisotopic (exact) mass is 441 g/mol. The molecule has 1 fully saturated rings. The summed E-state index contributed by atoms with van der Waals surface area (Å²) in [6, 6.07) is 4.43. The molecule has 2 aromatic heterocycles. The quantitative estimate of drug-likeness (QED) is 0.478. The number of pyridine rings is 1. The van der Waals surface area contributed by atoms with Crippen molar-refractivity contribution in [2.75, 3.05) is 6.61 Å². The number of aryl methyl sites for hydroxylation is 1. The number of hydrogen-bond acceptors (Lipinski definition) is 3. The third kappa shape index (κ3) is 4.55. The van der Waals surface area contributed by atoms with Crippen molar-refractivity contribution < 1.29 is 4.74 Å². The maximum absolute atomic E-state index is 5.98. The van der Waals surface area contributed by atoms with E-state index in [1.807, 2.05) is 12.3 Å². The Morgan fingerprint density at radius 1 is 1.18 bits per heavy atom. The van der Waals surface area contributed by atoms with Gasteiger partial charge < -0.3 is 4.74 Å². The Hall–Kier alpha value is -2.68. The zero-order chi connectivity index (χ0) is 22.8. The second-order valence-corrected chi connectivity index (χ2v) is 9.85. The summed E-state index contributed by atoms with van der Waals surface area (Å²) in [6.45, 7) is 7.45. The van der Waals surface area contributed by atoms with Crippen LogP contribution in [0.15, 0.2) is 59.5 Å². The molecule has 0 spiro atoms. The van der Waals surface area contributed by atoms with Crippen molar-refractivity contribution >= 4 is 0 Å². The standard InChI is InChI=1S/C29H35N3O/c1-20(26-13-9-11-23-10-5-4-6-12-27(23)26)18-25-16-15-24(19-30-25)29-21(2)31-32(22(29)3)28-14-7-8-17-33-28/h4-5,10,12,15-16,19-20,26,28H,7-9,11,13-14,17-18H2,1-3H3. The highest BCUT2D eigenvalue weighted by Crippen LogP contribution is 2.38. The predicted molar refractivity (Wildman–Crippen MR) is 133 cm³/mol. The SMILES string of the molecule is Cc1nn(C2CCCCO2)c(C)c1-c1ccc(CC(C)C2CCCC3=C2C=C=CC=C3)nc1. The van der Waals surface area contributed by atoms with Crippen molar-refractivity contribution in [1.29, 1.82) is 0 Å². The molecular weight excluding hydrogens is 406 g/mol. The Kier molecular flexibility index (Phi) is 6.48. The Morgan fingerprint density at radius 2 is 2.09 bits per heavy atom. The van der Waals surface area contributed by atoms with E-state index >= 15 is 0 Å². The van der Waals surface area contributed by atoms with Gasteiger partial charge in [-0.3, -0.25) is 4.98 Å². The Bertz CT molecular complexity index is 1120. The van der Waals surface area contributed by atoms with Gasteiger partial charge in [-0.25, -0.2) is 4.68 Å². The molecule has 3 aliphatic rings. The number of hydrogen-bond donors (Lipinski definition) is 0. The Labute approximate surface area is 197 Å². The van der Waals surface area contributed by atoms with Crippen LogP contribution in [0.2, 0.25) is 0 Å². The van der Waals surface area contributed by atoms with Crippen LogP contribution < -0.4 is 0 Å². The topological polar surface area (TPSA) is 39.9 Å². The third-order valence-electron chi connectivity index (χ3n) is 7.55. The van der Waals surface area contributed by atoms with E-state index in [9.17, 15) is 0 Å². The van der Waals surface area contributed by atoms with E-state index in [0.29, 0.717) is 11.8 Å². The molecule has 3 unspecified atom stereocenters. The maximum Gasteiger partial charge on any atom is 0.150 e. The number of rotatable bonds is 5. The molecular formula is C29H35N3O. The fourth-order valence-electron chi connectivity index (χ4n) is 5.82. The molecule has 0 N–H and O–H groups in total. The lowest BCUT2D eigenvalue weighted by Gasteiger charge is -2.30. The first kappa shape index (κ1) is 22.1. The van der Waals surface area contributed by atoms with Crippen LogP contribution in [0.1, 0.15) is 68.8 Å². The molecule has 1 saturated heterocycles. The van der Waals surface area contributed by atoms with Crippen LogP contribution in [-0.2, 0) is 11.2 Å². The zero-order valence-corrected chi connectivity index (χ0v) is 20.2. The molecule has 33 heavy (non-hydrogen) atoms. The van der Waals surface area contributed by atoms with Gasteiger partial charge in [0, 0.05) is 35.3 Å². The highest BCUT2D eigenvalue weighted by molar-refractivity contribution is 5.67. The van der Waals surface area contributed by atoms with Crippen molar-refractivity contribution in [3.8, 4) is 11.1 Å². The summed E-state index contributed by atoms with van der Waals surface area (Å²) in [5, 5.41) is 4.83. The van der Waals surface area contributed by atoms with Gasteiger partial charge in [-0.2, -0.15) is 5.10 Å². The van der Waals surface area contributed by atoms with Gasteiger partial charge in [-0.05, 0) is 100.0 Å². The minimum atomic E-state index is 0.0664. The molecule has 3 heterocycles. The van der Waals surface area contributed by atoms with E-state index in [1.54, 1.807) is 0 Å². The first-order valence-corrected chi connectivity index (χ1v) is 12.6. The summed E-state index contributed by atoms with van der Waals surface area (Å²) < 4.78 is 8.06. The summed E-state index contributed by atoms with van der Waals surface area (Å²) in [4.78, 5) is 4.89. The van der Waals surface area contributed by atoms with Crippen LogP contribution in [0.5, 0.6) is 0 Å². The zero-order valence-electron chi connectivity index (χ0n) is 20.2. The molecule has 4 nitrogen and oxygen atoms in total. The van der Waals surface area contributed by atoms with E-state index in [4.69, 9.17) is 14.8 Å². The second-order valence-electron chi connectivity index (χ2n) is 9.85. The molecule has 0 amide bonds. The summed E-state index contributed by atoms with van der Waals surface area (Å²) in [7, 11) is 0. The lowest BCUT2D eigenvalue weighted by molar-refractivity contribution is -0.0407. The van der Waals surface area contributed by atoms with Crippen molar-refractivity contribution in [3.63, 3.8) is 0 Å². The van der Waals surface area contributed by atoms with E-state index in [1.165, 1.54) is 53.8 Å². The molecule has 0 aromatic carbocycles. The predicted octanol–water partition coefficient (Wildman–Crippen LogP) is 6.82. The molecule has 3 atom stereocenters. The smallest absolute Gasteiger partial charge is 0.150 e. The third-order valence-corrected chi connectivity index (χ3v) is 7.55. The van der Waals surface area contributed by atoms with Crippen LogP contribution in [0.25, 0.3) is 11.1 Å². The van der Waals surface area contributed by atoms with E-state index < -0.39 is 0 Å². The summed E-state index contributed by atoms with van der Waals surface area (Å²) in [6.07, 6.45) is 18.8. The normalized spacial score (nSPS) is 23.5. The van der Waals surface area contributed by atoms with Crippen molar-refractivity contribution in [1.82, 2.24) is 14.8 Å². The minimum Gasteiger partial charge on any atom is -0.357 e. The summed E-state index contributed by atoms with van der Waals surface area (Å²) in [5.74, 6) is 1.13. The van der Waals surface area contributed by atoms with E-state index in [0.717, 1.165) is 37.1 Å². The molecule has 0 radical (unpaired) electrons. The first-order valence-electron chi connectivity index (χ1n) is 12.6. The van der Waals surface area contributed by atoms with Crippen LogP contribution in [0.4, 0.5) is 0 Å². The van der Waals surface area contributed by atoms with Gasteiger partial charge >= 0.3 is 0 Å². The Morgan fingerprint density at radius 3 is 2.88 bits per heavy atom. The fraction of sp³-hybridized carbons (Fsp3) is 0.483. The molecule has 0 saturated carbocycles. The average Bonchev–Trinajstić information content (AvgIpc) is 3.00. The van der Waals surface area contributed by atoms with Crippen molar-refractivity contribution in [3.05, 3.63) is 76.6 Å². The van der Waals surface area contributed by atoms with E-state index in [-0.39, 0.29) is 6.23 Å². The van der Waals surface area contributed by atoms with Crippen molar-refractivity contribution in [2.45, 2.75) is 71.9 Å². The molecule has 5 rings (SSSR count). The summed E-state index contributed by atoms with van der Waals surface area (Å²) >= 11 is 0. The first-order chi connectivity index (χ1) is 16.1. The molecule has 0 bridgehead atoms. The van der Waals surface area contributed by atoms with Gasteiger partial charge in [0.2, 0.25) is 0 Å². The fourth-order valence-corrected chi connectivity index (χ4v) is 5.82. The van der Waals surface area contributed by atoms with Gasteiger partial charge in [-0.1, -0.05) is 25.1 Å². The van der Waals surface area contributed by atoms with Crippen LogP contribution in [0.3, 0.4) is 0 Å². The number of aromatic nitrogens is 3. The lowest BCUT2D eigenvalue weighted by atomic mass is 9.74. The number of allylic oxidation sites excluding steroid dienone is 5. The highest BCUT2D eigenvalue weighted by atomic mass is 16.5. The lowest BCUT2D eigenvalue weighted by Crippen LogP contribution is -2.20. The van der Waals surface area contributed by atoms with Crippen LogP contribution >= 0.6 is 0 Å². The molecule has 4 heteroatoms. The molecule has 2 aromatic rings. The minimum absolute atomic E-state index is 0.0664. The highest BCUT2D eigenvalue weighted by Gasteiger charge is 2.27. The summed E-state index contributed by atoms with van der Waals surface area (Å²) in [5.41, 5.74) is 12.0. The van der Waals surface area contributed by atoms with Gasteiger partial charge in [0.1, 0.15) is 6.23 Å². The molecule has 172 valence electrons. The van der Waals surface area contributed by atoms with E-state index in [2.05, 4.69) is 61.5 Å². The van der Waals surface area contributed by atoms with Gasteiger partial charge in [0.15, 0.2) is 0 Å². The largest absolute Gasteiger partial charge is 0.357 e. The number of ether oxygens (including phenoxy) is 1. The van der Waals surface area contributed by atoms with Gasteiger partial charge in [0.05, 0.1) is 5.69 Å². The maximum atomic E-state index is 5.98. The van der Waals surface area contributed by atoms with Crippen LogP contribution in [-0.4, -0.2) is 21.4 Å². The van der Waals surface area contributed by atoms with Crippen molar-refractivity contribution in [2.24, 2.45) is 11.8 Å². The van der Waals surface area contributed by atoms with Gasteiger partial charge in [0.25, 0.3) is 0 Å². The molecule has 2 aliphatic carbocycles. The Balaban J connectivity index is 1.33. The molecule has 1 aliphatic heterocycles. The van der Waals surface area contributed by atoms with Crippen LogP contribution in [0, 0.1) is 25.7 Å².